The van der Waals surface area contributed by atoms with Crippen molar-refractivity contribution in [3.05, 3.63) is 28.2 Å². The maximum atomic E-state index is 12.0. The van der Waals surface area contributed by atoms with Crippen LogP contribution in [0.1, 0.15) is 17.3 Å². The number of hydrogen-bond donors (Lipinski definition) is 2. The van der Waals surface area contributed by atoms with E-state index in [4.69, 9.17) is 5.11 Å². The van der Waals surface area contributed by atoms with E-state index in [1.54, 1.807) is 35.8 Å². The highest BCUT2D eigenvalue weighted by Crippen LogP contribution is 2.21. The summed E-state index contributed by atoms with van der Waals surface area (Å²) in [6.07, 6.45) is 1.98. The van der Waals surface area contributed by atoms with Gasteiger partial charge in [-0.1, -0.05) is 0 Å². The van der Waals surface area contributed by atoms with Gasteiger partial charge in [-0.15, -0.1) is 0 Å². The highest BCUT2D eigenvalue weighted by molar-refractivity contribution is 9.10. The molecule has 0 aliphatic rings. The molecule has 0 aliphatic heterocycles. The number of benzene rings is 1. The highest BCUT2D eigenvalue weighted by Gasteiger charge is 2.16. The molecule has 0 fully saturated rings. The van der Waals surface area contributed by atoms with Gasteiger partial charge in [-0.2, -0.15) is 11.8 Å². The summed E-state index contributed by atoms with van der Waals surface area (Å²) >= 11 is 4.83. The average Bonchev–Trinajstić information content (AvgIpc) is 2.39. The van der Waals surface area contributed by atoms with Crippen molar-refractivity contribution in [2.24, 2.45) is 0 Å². The first-order valence-corrected chi connectivity index (χ1v) is 8.11. The third-order valence-corrected chi connectivity index (χ3v) is 4.34. The number of carbonyl (C=O) groups excluding carboxylic acids is 1. The van der Waals surface area contributed by atoms with Crippen LogP contribution < -0.4 is 5.32 Å². The van der Waals surface area contributed by atoms with E-state index in [1.165, 1.54) is 6.07 Å². The molecule has 0 spiro atoms. The van der Waals surface area contributed by atoms with E-state index in [0.29, 0.717) is 10.2 Å². The number of carbonyl (C=O) groups is 2. The molecule has 0 radical (unpaired) electrons. The van der Waals surface area contributed by atoms with Crippen molar-refractivity contribution in [3.8, 4) is 0 Å². The van der Waals surface area contributed by atoms with Gasteiger partial charge in [0.25, 0.3) is 0 Å². The molecule has 110 valence electrons. The van der Waals surface area contributed by atoms with Crippen molar-refractivity contribution in [2.75, 3.05) is 24.4 Å². The Balaban J connectivity index is 2.80. The summed E-state index contributed by atoms with van der Waals surface area (Å²) in [5.41, 5.74) is 0.571. The van der Waals surface area contributed by atoms with Crippen LogP contribution in [-0.4, -0.2) is 47.1 Å². The van der Waals surface area contributed by atoms with Gasteiger partial charge in [0.2, 0.25) is 0 Å². The number of nitrogens with zero attached hydrogens (tertiary/aromatic N) is 1. The van der Waals surface area contributed by atoms with Crippen molar-refractivity contribution in [3.63, 3.8) is 0 Å². The number of thioether (sulfide) groups is 1. The van der Waals surface area contributed by atoms with Crippen molar-refractivity contribution in [1.29, 1.82) is 0 Å². The molecule has 5 nitrogen and oxygen atoms in total. The van der Waals surface area contributed by atoms with Crippen molar-refractivity contribution in [1.82, 2.24) is 4.90 Å². The van der Waals surface area contributed by atoms with E-state index >= 15 is 0 Å². The van der Waals surface area contributed by atoms with E-state index in [0.717, 1.165) is 5.75 Å². The van der Waals surface area contributed by atoms with E-state index in [9.17, 15) is 9.59 Å². The fourth-order valence-electron chi connectivity index (χ4n) is 1.53. The van der Waals surface area contributed by atoms with Gasteiger partial charge in [0, 0.05) is 29.0 Å². The molecule has 0 saturated carbocycles. The number of rotatable bonds is 5. The van der Waals surface area contributed by atoms with Gasteiger partial charge in [0.1, 0.15) is 0 Å². The van der Waals surface area contributed by atoms with Crippen molar-refractivity contribution < 1.29 is 14.7 Å². The van der Waals surface area contributed by atoms with Crippen LogP contribution in [0.2, 0.25) is 0 Å². The largest absolute Gasteiger partial charge is 0.478 e. The predicted octanol–water partition coefficient (Wildman–Crippen LogP) is 3.36. The highest BCUT2D eigenvalue weighted by atomic mass is 79.9. The third kappa shape index (κ3) is 4.42. The molecular weight excluding hydrogens is 344 g/mol. The van der Waals surface area contributed by atoms with Crippen LogP contribution in [0.3, 0.4) is 0 Å². The van der Waals surface area contributed by atoms with Crippen molar-refractivity contribution >= 4 is 45.4 Å². The van der Waals surface area contributed by atoms with Gasteiger partial charge in [0.05, 0.1) is 5.56 Å². The molecule has 0 heterocycles. The number of hydrogen-bond acceptors (Lipinski definition) is 3. The van der Waals surface area contributed by atoms with E-state index in [-0.39, 0.29) is 17.6 Å². The summed E-state index contributed by atoms with van der Waals surface area (Å²) in [4.78, 5) is 24.7. The Morgan fingerprint density at radius 3 is 2.70 bits per heavy atom. The van der Waals surface area contributed by atoms with Gasteiger partial charge < -0.3 is 15.3 Å². The fourth-order valence-corrected chi connectivity index (χ4v) is 2.65. The zero-order chi connectivity index (χ0) is 15.3. The maximum Gasteiger partial charge on any atom is 0.336 e. The van der Waals surface area contributed by atoms with Gasteiger partial charge in [-0.3, -0.25) is 0 Å². The number of carboxylic acid groups (broad SMARTS) is 1. The molecule has 1 aromatic carbocycles. The van der Waals surface area contributed by atoms with Gasteiger partial charge in [0.15, 0.2) is 0 Å². The average molecular weight is 361 g/mol. The summed E-state index contributed by atoms with van der Waals surface area (Å²) in [7, 11) is 1.72. The van der Waals surface area contributed by atoms with E-state index in [2.05, 4.69) is 21.2 Å². The quantitative estimate of drug-likeness (QED) is 0.844. The Morgan fingerprint density at radius 2 is 2.15 bits per heavy atom. The number of aromatic carboxylic acids is 1. The number of carboxylic acids is 1. The molecule has 1 rings (SSSR count). The molecule has 0 bridgehead atoms. The molecule has 1 aromatic rings. The molecule has 7 heteroatoms. The molecule has 20 heavy (non-hydrogen) atoms. The first-order valence-electron chi connectivity index (χ1n) is 5.92. The third-order valence-electron chi connectivity index (χ3n) is 2.84. The molecule has 1 atom stereocenters. The normalized spacial score (nSPS) is 11.8. The number of urea groups is 1. The molecule has 0 saturated heterocycles. The summed E-state index contributed by atoms with van der Waals surface area (Å²) in [6, 6.07) is 4.52. The zero-order valence-corrected chi connectivity index (χ0v) is 13.9. The number of nitrogens with one attached hydrogen (secondary N) is 1. The smallest absolute Gasteiger partial charge is 0.336 e. The van der Waals surface area contributed by atoms with Crippen LogP contribution in [-0.2, 0) is 0 Å². The maximum absolute atomic E-state index is 12.0. The minimum atomic E-state index is -1.04. The molecule has 2 amide bonds. The summed E-state index contributed by atoms with van der Waals surface area (Å²) in [5, 5.41) is 11.7. The van der Waals surface area contributed by atoms with Crippen molar-refractivity contribution in [2.45, 2.75) is 13.0 Å². The molecule has 1 unspecified atom stereocenters. The lowest BCUT2D eigenvalue weighted by Crippen LogP contribution is -2.39. The summed E-state index contributed by atoms with van der Waals surface area (Å²) < 4.78 is 0.479. The molecule has 0 aromatic heterocycles. The van der Waals surface area contributed by atoms with Gasteiger partial charge in [-0.05, 0) is 47.3 Å². The Morgan fingerprint density at radius 1 is 1.50 bits per heavy atom. The fraction of sp³-hybridized carbons (Fsp3) is 0.385. The van der Waals surface area contributed by atoms with Crippen LogP contribution in [0.25, 0.3) is 0 Å². The first-order chi connectivity index (χ1) is 9.36. The second-order valence-corrected chi connectivity index (χ2v) is 6.11. The Kier molecular flexibility index (Phi) is 6.35. The van der Waals surface area contributed by atoms with Gasteiger partial charge >= 0.3 is 12.0 Å². The molecule has 2 N–H and O–H groups in total. The van der Waals surface area contributed by atoms with Crippen LogP contribution in [0, 0.1) is 0 Å². The molecular formula is C13H17BrN2O3S. The van der Waals surface area contributed by atoms with E-state index in [1.807, 2.05) is 13.2 Å². The monoisotopic (exact) mass is 360 g/mol. The number of amides is 2. The minimum absolute atomic E-state index is 0.0967. The SMILES string of the molecule is CSCC(C)N(C)C(=O)Nc1ccc(Br)c(C(=O)O)c1. The Hall–Kier alpha value is -1.21. The lowest BCUT2D eigenvalue weighted by molar-refractivity contribution is 0.0696. The van der Waals surface area contributed by atoms with E-state index < -0.39 is 5.97 Å². The predicted molar refractivity (Wildman–Crippen MR) is 85.7 cm³/mol. The zero-order valence-electron chi connectivity index (χ0n) is 11.5. The summed E-state index contributed by atoms with van der Waals surface area (Å²) in [6.45, 7) is 1.96. The Bertz CT molecular complexity index is 510. The minimum Gasteiger partial charge on any atom is -0.478 e. The van der Waals surface area contributed by atoms with Gasteiger partial charge in [-0.25, -0.2) is 9.59 Å². The standard InChI is InChI=1S/C13H17BrN2O3S/c1-8(7-20-3)16(2)13(19)15-9-4-5-11(14)10(6-9)12(17)18/h4-6,8H,7H2,1-3H3,(H,15,19)(H,17,18). The number of halogens is 1. The lowest BCUT2D eigenvalue weighted by Gasteiger charge is -2.24. The topological polar surface area (TPSA) is 69.6 Å². The summed E-state index contributed by atoms with van der Waals surface area (Å²) in [5.74, 6) is -0.206. The first kappa shape index (κ1) is 16.8. The van der Waals surface area contributed by atoms with Crippen LogP contribution in [0.15, 0.2) is 22.7 Å². The second-order valence-electron chi connectivity index (χ2n) is 4.35. The Labute approximate surface area is 130 Å². The van der Waals surface area contributed by atoms with Crippen LogP contribution >= 0.6 is 27.7 Å². The second kappa shape index (κ2) is 7.54. The number of anilines is 1. The van der Waals surface area contributed by atoms with Crippen LogP contribution in [0.4, 0.5) is 10.5 Å². The molecule has 0 aliphatic carbocycles. The lowest BCUT2D eigenvalue weighted by atomic mass is 10.2. The van der Waals surface area contributed by atoms with Crippen LogP contribution in [0.5, 0.6) is 0 Å².